The first-order valence-electron chi connectivity index (χ1n) is 14.0. The number of nitrogens with one attached hydrogen (secondary N) is 1. The lowest BCUT2D eigenvalue weighted by molar-refractivity contribution is -0.162. The number of methoxy groups -OCH3 is 2. The van der Waals surface area contributed by atoms with Crippen LogP contribution in [0.1, 0.15) is 47.9 Å². The van der Waals surface area contributed by atoms with E-state index < -0.39 is 42.3 Å². The minimum Gasteiger partial charge on any atom is -0.497 e. The minimum absolute atomic E-state index is 0.275. The monoisotopic (exact) mass is 568 g/mol. The van der Waals surface area contributed by atoms with E-state index in [9.17, 15) is 19.2 Å². The molecule has 4 aliphatic rings. The highest BCUT2D eigenvalue weighted by atomic mass is 16.5. The highest BCUT2D eigenvalue weighted by molar-refractivity contribution is 6.10. The number of carbonyl (C=O) groups excluding carboxylic acids is 4. The van der Waals surface area contributed by atoms with Crippen molar-refractivity contribution in [3.63, 3.8) is 0 Å². The van der Waals surface area contributed by atoms with Gasteiger partial charge < -0.3 is 19.5 Å². The zero-order valence-corrected chi connectivity index (χ0v) is 23.8. The van der Waals surface area contributed by atoms with Crippen molar-refractivity contribution in [3.05, 3.63) is 89.0 Å². The van der Waals surface area contributed by atoms with E-state index in [1.807, 2.05) is 48.5 Å². The van der Waals surface area contributed by atoms with Crippen LogP contribution in [-0.4, -0.2) is 55.5 Å². The molecule has 216 valence electrons. The van der Waals surface area contributed by atoms with Crippen molar-refractivity contribution in [2.45, 2.75) is 31.7 Å². The lowest BCUT2D eigenvalue weighted by atomic mass is 9.55. The van der Waals surface area contributed by atoms with Crippen molar-refractivity contribution in [2.75, 3.05) is 26.1 Å². The van der Waals surface area contributed by atoms with Gasteiger partial charge in [0.2, 0.25) is 11.8 Å². The van der Waals surface area contributed by atoms with Gasteiger partial charge in [-0.1, -0.05) is 62.4 Å². The van der Waals surface area contributed by atoms with Gasteiger partial charge in [-0.25, -0.2) is 4.79 Å². The second kappa shape index (κ2) is 10.6. The van der Waals surface area contributed by atoms with E-state index in [0.717, 1.165) is 27.2 Å². The van der Waals surface area contributed by atoms with Crippen molar-refractivity contribution in [1.29, 1.82) is 0 Å². The highest BCUT2D eigenvalue weighted by Crippen LogP contribution is 2.61. The van der Waals surface area contributed by atoms with Crippen LogP contribution in [0.25, 0.3) is 0 Å². The lowest BCUT2D eigenvalue weighted by Gasteiger charge is -2.45. The van der Waals surface area contributed by atoms with Crippen LogP contribution in [0, 0.1) is 17.8 Å². The molecule has 1 heterocycles. The molecule has 3 aliphatic carbocycles. The lowest BCUT2D eigenvalue weighted by Crippen LogP contribution is -2.49. The number of esters is 1. The topological polar surface area (TPSA) is 111 Å². The molecular weight excluding hydrogens is 536 g/mol. The Morgan fingerprint density at radius 3 is 1.79 bits per heavy atom. The summed E-state index contributed by atoms with van der Waals surface area (Å²) in [5, 5.41) is 2.66. The molecule has 42 heavy (non-hydrogen) atoms. The normalized spacial score (nSPS) is 22.3. The molecule has 3 aromatic carbocycles. The van der Waals surface area contributed by atoms with Crippen LogP contribution in [0.5, 0.6) is 11.5 Å². The number of hydrogen-bond acceptors (Lipinski definition) is 7. The Kier molecular flexibility index (Phi) is 6.96. The number of ether oxygens (including phenoxy) is 3. The van der Waals surface area contributed by atoms with Crippen LogP contribution >= 0.6 is 0 Å². The Labute approximate surface area is 243 Å². The maximum Gasteiger partial charge on any atom is 0.330 e. The van der Waals surface area contributed by atoms with Gasteiger partial charge in [0, 0.05) is 17.9 Å². The first-order chi connectivity index (χ1) is 20.3. The maximum atomic E-state index is 14.1. The van der Waals surface area contributed by atoms with Crippen molar-refractivity contribution in [2.24, 2.45) is 17.8 Å². The number of benzene rings is 3. The summed E-state index contributed by atoms with van der Waals surface area (Å²) in [5.74, 6) is -3.39. The number of anilines is 1. The van der Waals surface area contributed by atoms with Gasteiger partial charge in [-0.2, -0.15) is 0 Å². The third-order valence-corrected chi connectivity index (χ3v) is 8.66. The van der Waals surface area contributed by atoms with E-state index >= 15 is 0 Å². The number of carbonyl (C=O) groups is 4. The smallest absolute Gasteiger partial charge is 0.330 e. The van der Waals surface area contributed by atoms with Gasteiger partial charge in [0.15, 0.2) is 6.61 Å². The van der Waals surface area contributed by atoms with Gasteiger partial charge in [0.05, 0.1) is 31.7 Å². The summed E-state index contributed by atoms with van der Waals surface area (Å²) in [6.07, 6.45) is 0. The highest BCUT2D eigenvalue weighted by Gasteiger charge is 2.63. The van der Waals surface area contributed by atoms with Crippen LogP contribution in [0.4, 0.5) is 5.69 Å². The molecule has 3 amide bonds. The van der Waals surface area contributed by atoms with Crippen molar-refractivity contribution >= 4 is 29.4 Å². The Bertz CT molecular complexity index is 1480. The fourth-order valence-corrected chi connectivity index (χ4v) is 6.96. The van der Waals surface area contributed by atoms with E-state index in [2.05, 4.69) is 5.32 Å². The van der Waals surface area contributed by atoms with Gasteiger partial charge in [-0.05, 0) is 40.3 Å². The van der Waals surface area contributed by atoms with E-state index in [-0.39, 0.29) is 23.7 Å². The Balaban J connectivity index is 1.23. The van der Waals surface area contributed by atoms with Gasteiger partial charge in [-0.15, -0.1) is 0 Å². The number of nitrogens with zero attached hydrogens (tertiary/aromatic N) is 1. The molecule has 1 saturated heterocycles. The summed E-state index contributed by atoms with van der Waals surface area (Å²) in [6.45, 7) is 2.92. The van der Waals surface area contributed by atoms with Crippen LogP contribution < -0.4 is 14.8 Å². The zero-order chi connectivity index (χ0) is 29.7. The molecule has 2 bridgehead atoms. The average Bonchev–Trinajstić information content (AvgIpc) is 3.26. The first-order valence-corrected chi connectivity index (χ1v) is 14.0. The molecule has 9 nitrogen and oxygen atoms in total. The van der Waals surface area contributed by atoms with E-state index in [1.54, 1.807) is 32.0 Å². The second-order valence-corrected chi connectivity index (χ2v) is 11.2. The first kappa shape index (κ1) is 27.5. The number of likely N-dealkylation sites (tertiary alicyclic amines) is 1. The van der Waals surface area contributed by atoms with Gasteiger partial charge >= 0.3 is 5.97 Å². The molecule has 1 fully saturated rings. The molecule has 1 aliphatic heterocycles. The summed E-state index contributed by atoms with van der Waals surface area (Å²) in [5.41, 5.74) is 4.60. The third-order valence-electron chi connectivity index (χ3n) is 8.66. The van der Waals surface area contributed by atoms with Crippen molar-refractivity contribution in [1.82, 2.24) is 4.90 Å². The van der Waals surface area contributed by atoms with Crippen LogP contribution in [0.2, 0.25) is 0 Å². The van der Waals surface area contributed by atoms with Gasteiger partial charge in [-0.3, -0.25) is 19.3 Å². The molecule has 7 rings (SSSR count). The molecule has 0 spiro atoms. The summed E-state index contributed by atoms with van der Waals surface area (Å²) in [6, 6.07) is 19.7. The molecule has 0 saturated carbocycles. The Hall–Kier alpha value is -4.66. The van der Waals surface area contributed by atoms with E-state index in [1.165, 1.54) is 14.2 Å². The summed E-state index contributed by atoms with van der Waals surface area (Å²) < 4.78 is 15.9. The summed E-state index contributed by atoms with van der Waals surface area (Å²) >= 11 is 0. The van der Waals surface area contributed by atoms with E-state index in [0.29, 0.717) is 17.2 Å². The van der Waals surface area contributed by atoms with Crippen LogP contribution in [-0.2, 0) is 23.9 Å². The quantitative estimate of drug-likeness (QED) is 0.322. The predicted molar refractivity (Wildman–Crippen MR) is 153 cm³/mol. The number of imide groups is 1. The summed E-state index contributed by atoms with van der Waals surface area (Å²) in [7, 11) is 2.98. The molecular formula is C33H32N2O7. The standard InChI is InChI=1S/C33H32N2O7/c1-17(2)30(33(39)42-16-25(36)34-23-14-13-18(40-3)15-24(23)41-4)35-31(37)28-26-19-9-5-6-10-20(19)27(29(28)32(35)38)22-12-8-7-11-21(22)26/h5-15,17,26-30H,16H2,1-4H3,(H,34,36)/t26?,27?,28-,29+,30-/m1/s1. The Morgan fingerprint density at radius 1 is 0.810 bits per heavy atom. The minimum atomic E-state index is -1.16. The van der Waals surface area contributed by atoms with Crippen LogP contribution in [0.15, 0.2) is 66.7 Å². The molecule has 0 unspecified atom stereocenters. The fourth-order valence-electron chi connectivity index (χ4n) is 6.96. The molecule has 3 aromatic rings. The Morgan fingerprint density at radius 2 is 1.33 bits per heavy atom. The molecule has 1 N–H and O–H groups in total. The summed E-state index contributed by atoms with van der Waals surface area (Å²) in [4.78, 5) is 55.5. The van der Waals surface area contributed by atoms with E-state index in [4.69, 9.17) is 14.2 Å². The maximum absolute atomic E-state index is 14.1. The van der Waals surface area contributed by atoms with Crippen LogP contribution in [0.3, 0.4) is 0 Å². The largest absolute Gasteiger partial charge is 0.497 e. The average molecular weight is 569 g/mol. The van der Waals surface area contributed by atoms with Gasteiger partial charge in [0.25, 0.3) is 5.91 Å². The molecule has 9 heteroatoms. The van der Waals surface area contributed by atoms with Crippen molar-refractivity contribution in [3.8, 4) is 11.5 Å². The number of hydrogen-bond donors (Lipinski definition) is 1. The SMILES string of the molecule is COc1ccc(NC(=O)COC(=O)[C@@H](C(C)C)N2C(=O)[C@@H]3C4c5ccccc5C(c5ccccc54)[C@@H]3C2=O)c(OC)c1. The fraction of sp³-hybridized carbons (Fsp3) is 0.333. The number of amides is 3. The molecule has 3 atom stereocenters. The van der Waals surface area contributed by atoms with Gasteiger partial charge in [0.1, 0.15) is 17.5 Å². The third kappa shape index (κ3) is 4.22. The zero-order valence-electron chi connectivity index (χ0n) is 23.8. The number of rotatable bonds is 8. The predicted octanol–water partition coefficient (Wildman–Crippen LogP) is 4.10. The molecule has 0 aromatic heterocycles. The van der Waals surface area contributed by atoms with Crippen molar-refractivity contribution < 1.29 is 33.4 Å². The second-order valence-electron chi connectivity index (χ2n) is 11.2. The molecule has 0 radical (unpaired) electrons.